The Morgan fingerprint density at radius 2 is 2.04 bits per heavy atom. The number of methoxy groups -OCH3 is 1. The highest BCUT2D eigenvalue weighted by atomic mass is 127. The molecule has 2 N–H and O–H groups in total. The van der Waals surface area contributed by atoms with Gasteiger partial charge in [0.05, 0.1) is 20.3 Å². The van der Waals surface area contributed by atoms with Crippen LogP contribution < -0.4 is 15.4 Å². The van der Waals surface area contributed by atoms with E-state index in [1.807, 2.05) is 24.3 Å². The molecule has 0 atom stereocenters. The largest absolute Gasteiger partial charge is 0.497 e. The van der Waals surface area contributed by atoms with Crippen molar-refractivity contribution >= 4 is 29.9 Å². The van der Waals surface area contributed by atoms with Gasteiger partial charge in [0.2, 0.25) is 0 Å². The highest BCUT2D eigenvalue weighted by Gasteiger charge is 1.99. The molecule has 0 heterocycles. The smallest absolute Gasteiger partial charge is 0.191 e. The number of halogens is 1. The molecule has 1 aromatic carbocycles. The van der Waals surface area contributed by atoms with Crippen molar-refractivity contribution in [3.8, 4) is 5.75 Å². The van der Waals surface area contributed by atoms with Crippen LogP contribution in [0.4, 0.5) is 0 Å². The molecule has 23 heavy (non-hydrogen) atoms. The van der Waals surface area contributed by atoms with Gasteiger partial charge in [-0.05, 0) is 30.5 Å². The maximum Gasteiger partial charge on any atom is 0.191 e. The van der Waals surface area contributed by atoms with Crippen LogP contribution in [0, 0.1) is 5.92 Å². The van der Waals surface area contributed by atoms with E-state index in [1.54, 1.807) is 7.11 Å². The monoisotopic (exact) mass is 435 g/mol. The van der Waals surface area contributed by atoms with Crippen molar-refractivity contribution in [1.29, 1.82) is 0 Å². The van der Waals surface area contributed by atoms with E-state index in [0.717, 1.165) is 37.0 Å². The molecule has 0 spiro atoms. The molecule has 0 radical (unpaired) electrons. The molecule has 0 saturated heterocycles. The zero-order chi connectivity index (χ0) is 16.2. The second-order valence-corrected chi connectivity index (χ2v) is 5.44. The predicted molar refractivity (Wildman–Crippen MR) is 107 cm³/mol. The van der Waals surface area contributed by atoms with E-state index in [9.17, 15) is 0 Å². The third kappa shape index (κ3) is 10.4. The summed E-state index contributed by atoms with van der Waals surface area (Å²) in [6, 6.07) is 7.95. The number of hydrogen-bond acceptors (Lipinski definition) is 3. The first-order valence-electron chi connectivity index (χ1n) is 7.88. The van der Waals surface area contributed by atoms with Gasteiger partial charge in [0, 0.05) is 19.7 Å². The zero-order valence-corrected chi connectivity index (χ0v) is 16.9. The second kappa shape index (κ2) is 13.4. The normalized spacial score (nSPS) is 11.1. The average molecular weight is 435 g/mol. The Morgan fingerprint density at radius 1 is 1.26 bits per heavy atom. The number of guanidine groups is 1. The number of aliphatic imine (C=N–C) groups is 1. The molecule has 0 unspecified atom stereocenters. The average Bonchev–Trinajstić information content (AvgIpc) is 2.52. The lowest BCUT2D eigenvalue weighted by molar-refractivity contribution is 0.114. The number of ether oxygens (including phenoxy) is 2. The third-order valence-corrected chi connectivity index (χ3v) is 2.89. The summed E-state index contributed by atoms with van der Waals surface area (Å²) in [5, 5.41) is 6.51. The van der Waals surface area contributed by atoms with Crippen LogP contribution in [0.15, 0.2) is 29.3 Å². The summed E-state index contributed by atoms with van der Waals surface area (Å²) in [6.45, 7) is 10.0. The van der Waals surface area contributed by atoms with Crippen LogP contribution in [-0.4, -0.2) is 39.4 Å². The summed E-state index contributed by atoms with van der Waals surface area (Å²) in [6.07, 6.45) is 0. The van der Waals surface area contributed by atoms with Crippen LogP contribution in [0.3, 0.4) is 0 Å². The summed E-state index contributed by atoms with van der Waals surface area (Å²) in [5.74, 6) is 2.22. The van der Waals surface area contributed by atoms with E-state index in [-0.39, 0.29) is 24.0 Å². The molecule has 132 valence electrons. The topological polar surface area (TPSA) is 54.9 Å². The molecule has 0 aromatic heterocycles. The second-order valence-electron chi connectivity index (χ2n) is 5.44. The number of benzene rings is 1. The van der Waals surface area contributed by atoms with E-state index in [1.165, 1.54) is 0 Å². The Bertz CT molecular complexity index is 453. The van der Waals surface area contributed by atoms with Gasteiger partial charge in [0.25, 0.3) is 0 Å². The highest BCUT2D eigenvalue weighted by Crippen LogP contribution is 2.13. The van der Waals surface area contributed by atoms with Crippen LogP contribution in [0.1, 0.15) is 26.3 Å². The number of nitrogens with zero attached hydrogens (tertiary/aromatic N) is 1. The molecule has 0 aliphatic carbocycles. The highest BCUT2D eigenvalue weighted by molar-refractivity contribution is 14.0. The molecule has 0 aliphatic heterocycles. The van der Waals surface area contributed by atoms with Gasteiger partial charge in [-0.1, -0.05) is 26.0 Å². The van der Waals surface area contributed by atoms with Crippen molar-refractivity contribution in [2.45, 2.75) is 27.3 Å². The van der Waals surface area contributed by atoms with Gasteiger partial charge < -0.3 is 20.1 Å². The summed E-state index contributed by atoms with van der Waals surface area (Å²) in [4.78, 5) is 4.58. The Balaban J connectivity index is 0.00000484. The van der Waals surface area contributed by atoms with Crippen molar-refractivity contribution in [2.24, 2.45) is 10.9 Å². The molecular formula is C17H30IN3O2. The van der Waals surface area contributed by atoms with Crippen molar-refractivity contribution in [3.05, 3.63) is 29.8 Å². The zero-order valence-electron chi connectivity index (χ0n) is 14.6. The van der Waals surface area contributed by atoms with E-state index < -0.39 is 0 Å². The van der Waals surface area contributed by atoms with Gasteiger partial charge in [-0.3, -0.25) is 0 Å². The Morgan fingerprint density at radius 3 is 2.70 bits per heavy atom. The van der Waals surface area contributed by atoms with Gasteiger partial charge >= 0.3 is 0 Å². The third-order valence-electron chi connectivity index (χ3n) is 2.89. The minimum Gasteiger partial charge on any atom is -0.497 e. The first-order valence-corrected chi connectivity index (χ1v) is 7.88. The lowest BCUT2D eigenvalue weighted by atomic mass is 10.2. The van der Waals surface area contributed by atoms with Crippen LogP contribution in [0.5, 0.6) is 5.75 Å². The molecule has 1 aromatic rings. The quantitative estimate of drug-likeness (QED) is 0.271. The van der Waals surface area contributed by atoms with E-state index in [0.29, 0.717) is 19.1 Å². The van der Waals surface area contributed by atoms with Crippen molar-refractivity contribution < 1.29 is 9.47 Å². The van der Waals surface area contributed by atoms with E-state index in [4.69, 9.17) is 9.47 Å². The standard InChI is InChI=1S/C17H29N3O2.HI/c1-5-18-17(19-9-10-22-13-14(2)3)20-12-15-7-6-8-16(11-15)21-4;/h6-8,11,14H,5,9-10,12-13H2,1-4H3,(H2,18,19,20);1H. The maximum atomic E-state index is 5.55. The molecule has 0 aliphatic rings. The van der Waals surface area contributed by atoms with Crippen LogP contribution in [0.25, 0.3) is 0 Å². The minimum absolute atomic E-state index is 0. The molecular weight excluding hydrogens is 405 g/mol. The summed E-state index contributed by atoms with van der Waals surface area (Å²) < 4.78 is 10.8. The van der Waals surface area contributed by atoms with Gasteiger partial charge in [-0.15, -0.1) is 24.0 Å². The lowest BCUT2D eigenvalue weighted by Gasteiger charge is -2.12. The molecule has 6 heteroatoms. The van der Waals surface area contributed by atoms with Crippen molar-refractivity contribution in [2.75, 3.05) is 33.4 Å². The Labute approximate surface area is 157 Å². The van der Waals surface area contributed by atoms with E-state index >= 15 is 0 Å². The van der Waals surface area contributed by atoms with Crippen molar-refractivity contribution in [1.82, 2.24) is 10.6 Å². The predicted octanol–water partition coefficient (Wildman–Crippen LogP) is 3.04. The fraction of sp³-hybridized carbons (Fsp3) is 0.588. The SMILES string of the molecule is CCNC(=NCc1cccc(OC)c1)NCCOCC(C)C.I. The van der Waals surface area contributed by atoms with E-state index in [2.05, 4.69) is 36.4 Å². The Kier molecular flexibility index (Phi) is 12.8. The first-order chi connectivity index (χ1) is 10.7. The maximum absolute atomic E-state index is 5.55. The fourth-order valence-corrected chi connectivity index (χ4v) is 1.84. The lowest BCUT2D eigenvalue weighted by Crippen LogP contribution is -2.39. The molecule has 1 rings (SSSR count). The first kappa shape index (κ1) is 22.0. The summed E-state index contributed by atoms with van der Waals surface area (Å²) in [7, 11) is 1.67. The summed E-state index contributed by atoms with van der Waals surface area (Å²) >= 11 is 0. The Hall–Kier alpha value is -1.02. The number of rotatable bonds is 9. The fourth-order valence-electron chi connectivity index (χ4n) is 1.84. The molecule has 0 fully saturated rings. The van der Waals surface area contributed by atoms with Gasteiger partial charge in [0.15, 0.2) is 5.96 Å². The molecule has 0 amide bonds. The van der Waals surface area contributed by atoms with Gasteiger partial charge in [0.1, 0.15) is 5.75 Å². The molecule has 0 saturated carbocycles. The van der Waals surface area contributed by atoms with Gasteiger partial charge in [-0.2, -0.15) is 0 Å². The number of hydrogen-bond donors (Lipinski definition) is 2. The van der Waals surface area contributed by atoms with Crippen LogP contribution in [0.2, 0.25) is 0 Å². The minimum atomic E-state index is 0. The van der Waals surface area contributed by atoms with Crippen LogP contribution in [-0.2, 0) is 11.3 Å². The van der Waals surface area contributed by atoms with Crippen molar-refractivity contribution in [3.63, 3.8) is 0 Å². The number of nitrogens with one attached hydrogen (secondary N) is 2. The van der Waals surface area contributed by atoms with Gasteiger partial charge in [-0.25, -0.2) is 4.99 Å². The molecule has 0 bridgehead atoms. The molecule has 5 nitrogen and oxygen atoms in total. The van der Waals surface area contributed by atoms with Crippen LogP contribution >= 0.6 is 24.0 Å². The summed E-state index contributed by atoms with van der Waals surface area (Å²) in [5.41, 5.74) is 1.12.